The molecule has 1 aromatic carbocycles. The summed E-state index contributed by atoms with van der Waals surface area (Å²) in [7, 11) is -2.04. The molecule has 0 aliphatic carbocycles. The van der Waals surface area contributed by atoms with Crippen molar-refractivity contribution in [2.24, 2.45) is 4.40 Å². The third-order valence-corrected chi connectivity index (χ3v) is 7.66. The van der Waals surface area contributed by atoms with Crippen LogP contribution in [0.15, 0.2) is 38.9 Å². The molecule has 4 rings (SSSR count). The summed E-state index contributed by atoms with van der Waals surface area (Å²) >= 11 is 1.30. The number of urea groups is 1. The Bertz CT molecular complexity index is 1180. The molecule has 3 heterocycles. The zero-order chi connectivity index (χ0) is 23.4. The smallest absolute Gasteiger partial charge is 0.323 e. The number of aromatic nitrogens is 1. The SMILES string of the molecule is CN1CCCCC/C1=N\S(=O)(=O)c1cccc(NC(=O)Cc2csc(N3CCNC3=O)n2)c1. The topological polar surface area (TPSA) is 124 Å². The first-order valence-corrected chi connectivity index (χ1v) is 13.1. The maximum absolute atomic E-state index is 12.9. The maximum Gasteiger partial charge on any atom is 0.323 e. The number of amides is 3. The first kappa shape index (κ1) is 23.2. The fourth-order valence-corrected chi connectivity index (χ4v) is 5.68. The fourth-order valence-electron chi connectivity index (χ4n) is 3.70. The number of carbonyl (C=O) groups excluding carboxylic acids is 2. The predicted molar refractivity (Wildman–Crippen MR) is 127 cm³/mol. The molecule has 2 aliphatic rings. The highest BCUT2D eigenvalue weighted by molar-refractivity contribution is 7.90. The van der Waals surface area contributed by atoms with Gasteiger partial charge in [0.15, 0.2) is 5.13 Å². The Morgan fingerprint density at radius 3 is 2.91 bits per heavy atom. The van der Waals surface area contributed by atoms with Crippen molar-refractivity contribution in [3.63, 3.8) is 0 Å². The van der Waals surface area contributed by atoms with Crippen LogP contribution in [0.1, 0.15) is 31.4 Å². The number of nitrogens with one attached hydrogen (secondary N) is 2. The summed E-state index contributed by atoms with van der Waals surface area (Å²) in [4.78, 5) is 32.1. The minimum atomic E-state index is -3.90. The van der Waals surface area contributed by atoms with E-state index in [1.54, 1.807) is 17.5 Å². The van der Waals surface area contributed by atoms with E-state index in [1.165, 1.54) is 28.4 Å². The largest absolute Gasteiger partial charge is 0.362 e. The molecule has 2 aromatic rings. The molecule has 12 heteroatoms. The third kappa shape index (κ3) is 5.69. The molecular formula is C21H26N6O4S2. The first-order chi connectivity index (χ1) is 15.8. The zero-order valence-corrected chi connectivity index (χ0v) is 19.9. The average molecular weight is 491 g/mol. The lowest BCUT2D eigenvalue weighted by atomic mass is 10.2. The molecule has 0 atom stereocenters. The van der Waals surface area contributed by atoms with Gasteiger partial charge in [-0.2, -0.15) is 8.42 Å². The summed E-state index contributed by atoms with van der Waals surface area (Å²) in [5.74, 6) is 0.232. The fraction of sp³-hybridized carbons (Fsp3) is 0.429. The van der Waals surface area contributed by atoms with E-state index in [9.17, 15) is 18.0 Å². The van der Waals surface area contributed by atoms with Crippen LogP contribution in [-0.4, -0.2) is 62.8 Å². The summed E-state index contributed by atoms with van der Waals surface area (Å²) in [5.41, 5.74) is 0.906. The van der Waals surface area contributed by atoms with Crippen LogP contribution >= 0.6 is 11.3 Å². The van der Waals surface area contributed by atoms with Crippen LogP contribution in [0.4, 0.5) is 15.6 Å². The number of rotatable bonds is 6. The highest BCUT2D eigenvalue weighted by atomic mass is 32.2. The van der Waals surface area contributed by atoms with Crippen LogP contribution in [-0.2, 0) is 21.2 Å². The van der Waals surface area contributed by atoms with Gasteiger partial charge in [-0.25, -0.2) is 9.78 Å². The molecule has 2 fully saturated rings. The molecule has 3 amide bonds. The molecule has 0 saturated carbocycles. The van der Waals surface area contributed by atoms with Gasteiger partial charge in [0.1, 0.15) is 5.84 Å². The number of likely N-dealkylation sites (tertiary alicyclic amines) is 1. The second-order valence-electron chi connectivity index (χ2n) is 7.97. The molecule has 176 valence electrons. The van der Waals surface area contributed by atoms with Crippen LogP contribution in [0.2, 0.25) is 0 Å². The number of carbonyl (C=O) groups is 2. The van der Waals surface area contributed by atoms with E-state index in [0.29, 0.717) is 41.9 Å². The van der Waals surface area contributed by atoms with Crippen molar-refractivity contribution < 1.29 is 18.0 Å². The summed E-state index contributed by atoms with van der Waals surface area (Å²) in [6, 6.07) is 5.89. The van der Waals surface area contributed by atoms with Crippen LogP contribution < -0.4 is 15.5 Å². The van der Waals surface area contributed by atoms with Crippen LogP contribution in [0.25, 0.3) is 0 Å². The Hall–Kier alpha value is -2.99. The highest BCUT2D eigenvalue weighted by Crippen LogP contribution is 2.23. The Morgan fingerprint density at radius 2 is 2.12 bits per heavy atom. The summed E-state index contributed by atoms with van der Waals surface area (Å²) in [5, 5.41) is 7.72. The monoisotopic (exact) mass is 490 g/mol. The quantitative estimate of drug-likeness (QED) is 0.641. The van der Waals surface area contributed by atoms with Crippen molar-refractivity contribution in [2.45, 2.75) is 37.0 Å². The van der Waals surface area contributed by atoms with Gasteiger partial charge in [-0.15, -0.1) is 15.7 Å². The van der Waals surface area contributed by atoms with Crippen molar-refractivity contribution in [1.29, 1.82) is 0 Å². The summed E-state index contributed by atoms with van der Waals surface area (Å²) < 4.78 is 29.8. The van der Waals surface area contributed by atoms with Crippen LogP contribution in [0, 0.1) is 0 Å². The Labute approximate surface area is 196 Å². The van der Waals surface area contributed by atoms with Gasteiger partial charge in [0.2, 0.25) is 5.91 Å². The van der Waals surface area contributed by atoms with Crippen molar-refractivity contribution >= 4 is 50.0 Å². The van der Waals surface area contributed by atoms with Gasteiger partial charge in [0.05, 0.1) is 17.0 Å². The number of sulfonamides is 1. The van der Waals surface area contributed by atoms with Gasteiger partial charge in [-0.05, 0) is 31.0 Å². The Balaban J connectivity index is 1.43. The minimum Gasteiger partial charge on any atom is -0.362 e. The van der Waals surface area contributed by atoms with E-state index >= 15 is 0 Å². The standard InChI is InChI=1S/C21H26N6O4S2/c1-26-10-4-2-3-8-18(26)25-33(30,31)17-7-5-6-15(12-17)23-19(28)13-16-14-32-21(24-16)27-11-9-22-20(27)29/h5-7,12,14H,2-4,8-11,13H2,1H3,(H,22,29)(H,23,28)/b25-18+. The van der Waals surface area contributed by atoms with E-state index in [1.807, 2.05) is 11.9 Å². The van der Waals surface area contributed by atoms with Crippen molar-refractivity contribution in [2.75, 3.05) is 36.9 Å². The van der Waals surface area contributed by atoms with E-state index in [-0.39, 0.29) is 23.3 Å². The maximum atomic E-state index is 12.9. The molecule has 2 aliphatic heterocycles. The molecule has 0 bridgehead atoms. The zero-order valence-electron chi connectivity index (χ0n) is 18.3. The van der Waals surface area contributed by atoms with Crippen LogP contribution in [0.5, 0.6) is 0 Å². The predicted octanol–water partition coefficient (Wildman–Crippen LogP) is 2.45. The van der Waals surface area contributed by atoms with Gasteiger partial charge in [0.25, 0.3) is 10.0 Å². The Morgan fingerprint density at radius 1 is 1.27 bits per heavy atom. The molecule has 2 saturated heterocycles. The summed E-state index contributed by atoms with van der Waals surface area (Å²) in [6.45, 7) is 1.89. The third-order valence-electron chi connectivity index (χ3n) is 5.44. The minimum absolute atomic E-state index is 0.00995. The van der Waals surface area contributed by atoms with Crippen molar-refractivity contribution in [3.05, 3.63) is 35.3 Å². The van der Waals surface area contributed by atoms with Crippen LogP contribution in [0.3, 0.4) is 0 Å². The molecule has 0 unspecified atom stereocenters. The lowest BCUT2D eigenvalue weighted by Gasteiger charge is -2.17. The molecule has 2 N–H and O–H groups in total. The Kier molecular flexibility index (Phi) is 6.94. The number of thiazole rings is 1. The molecule has 0 spiro atoms. The molecular weight excluding hydrogens is 464 g/mol. The van der Waals surface area contributed by atoms with Gasteiger partial charge in [-0.3, -0.25) is 9.69 Å². The number of benzene rings is 1. The van der Waals surface area contributed by atoms with E-state index < -0.39 is 10.0 Å². The van der Waals surface area contributed by atoms with E-state index in [0.717, 1.165) is 25.8 Å². The normalized spacial score (nSPS) is 18.3. The highest BCUT2D eigenvalue weighted by Gasteiger charge is 2.24. The van der Waals surface area contributed by atoms with E-state index in [2.05, 4.69) is 20.0 Å². The van der Waals surface area contributed by atoms with Gasteiger partial charge in [0, 0.05) is 44.2 Å². The average Bonchev–Trinajstić information content (AvgIpc) is 3.35. The number of anilines is 2. The number of hydrogen-bond donors (Lipinski definition) is 2. The van der Waals surface area contributed by atoms with Crippen molar-refractivity contribution in [3.8, 4) is 0 Å². The van der Waals surface area contributed by atoms with E-state index in [4.69, 9.17) is 0 Å². The molecule has 0 radical (unpaired) electrons. The molecule has 33 heavy (non-hydrogen) atoms. The summed E-state index contributed by atoms with van der Waals surface area (Å²) in [6.07, 6.45) is 3.62. The lowest BCUT2D eigenvalue weighted by Crippen LogP contribution is -2.27. The van der Waals surface area contributed by atoms with Crippen molar-refractivity contribution in [1.82, 2.24) is 15.2 Å². The molecule has 10 nitrogen and oxygen atoms in total. The number of hydrogen-bond acceptors (Lipinski definition) is 6. The number of nitrogens with zero attached hydrogens (tertiary/aromatic N) is 4. The second-order valence-corrected chi connectivity index (χ2v) is 10.4. The van der Waals surface area contributed by atoms with Gasteiger partial charge < -0.3 is 15.5 Å². The second kappa shape index (κ2) is 9.87. The van der Waals surface area contributed by atoms with Gasteiger partial charge in [-0.1, -0.05) is 12.5 Å². The lowest BCUT2D eigenvalue weighted by molar-refractivity contribution is -0.115. The molecule has 1 aromatic heterocycles. The van der Waals surface area contributed by atoms with Gasteiger partial charge >= 0.3 is 6.03 Å². The number of amidine groups is 1. The first-order valence-electron chi connectivity index (χ1n) is 10.8.